The Morgan fingerprint density at radius 3 is 2.65 bits per heavy atom. The molecule has 1 aromatic rings. The third kappa shape index (κ3) is 3.77. The minimum absolute atomic E-state index is 0.809. The van der Waals surface area contributed by atoms with Crippen LogP contribution < -0.4 is 10.2 Å². The lowest BCUT2D eigenvalue weighted by Crippen LogP contribution is -2.25. The van der Waals surface area contributed by atoms with Gasteiger partial charge in [0.25, 0.3) is 0 Å². The van der Waals surface area contributed by atoms with Crippen LogP contribution in [0.2, 0.25) is 0 Å². The van der Waals surface area contributed by atoms with E-state index in [1.54, 1.807) is 6.33 Å². The van der Waals surface area contributed by atoms with Crippen molar-refractivity contribution in [3.63, 3.8) is 0 Å². The smallest absolute Gasteiger partial charge is 0.134 e. The highest BCUT2D eigenvalue weighted by Gasteiger charge is 2.11. The van der Waals surface area contributed by atoms with Gasteiger partial charge in [-0.3, -0.25) is 0 Å². The fourth-order valence-electron chi connectivity index (χ4n) is 2.10. The molecule has 1 aliphatic heterocycles. The predicted molar refractivity (Wildman–Crippen MR) is 75.1 cm³/mol. The van der Waals surface area contributed by atoms with Gasteiger partial charge in [-0.2, -0.15) is 12.6 Å². The van der Waals surface area contributed by atoms with E-state index in [9.17, 15) is 0 Å². The summed E-state index contributed by atoms with van der Waals surface area (Å²) in [5, 5.41) is 3.24. The zero-order valence-corrected chi connectivity index (χ0v) is 11.0. The Kier molecular flexibility index (Phi) is 4.91. The monoisotopic (exact) mass is 252 g/mol. The lowest BCUT2D eigenvalue weighted by atomic mass is 10.2. The highest BCUT2D eigenvalue weighted by atomic mass is 32.1. The van der Waals surface area contributed by atoms with E-state index in [1.807, 2.05) is 6.07 Å². The van der Waals surface area contributed by atoms with Gasteiger partial charge in [0.2, 0.25) is 0 Å². The van der Waals surface area contributed by atoms with Gasteiger partial charge in [0, 0.05) is 31.5 Å². The van der Waals surface area contributed by atoms with Crippen molar-refractivity contribution in [3.8, 4) is 0 Å². The van der Waals surface area contributed by atoms with Crippen LogP contribution in [0.25, 0.3) is 0 Å². The second-order valence-corrected chi connectivity index (χ2v) is 4.76. The first-order chi connectivity index (χ1) is 8.40. The minimum Gasteiger partial charge on any atom is -0.369 e. The van der Waals surface area contributed by atoms with Gasteiger partial charge in [0.1, 0.15) is 18.0 Å². The summed E-state index contributed by atoms with van der Waals surface area (Å²) in [4.78, 5) is 10.9. The lowest BCUT2D eigenvalue weighted by molar-refractivity contribution is 0.726. The summed E-state index contributed by atoms with van der Waals surface area (Å²) in [7, 11) is 0. The fourth-order valence-corrected chi connectivity index (χ4v) is 2.21. The summed E-state index contributed by atoms with van der Waals surface area (Å²) < 4.78 is 0. The number of hydrogen-bond donors (Lipinski definition) is 2. The topological polar surface area (TPSA) is 41.0 Å². The molecule has 0 amide bonds. The van der Waals surface area contributed by atoms with Crippen molar-refractivity contribution in [2.24, 2.45) is 0 Å². The average Bonchev–Trinajstić information content (AvgIpc) is 2.65. The predicted octanol–water partition coefficient (Wildman–Crippen LogP) is 2.20. The highest BCUT2D eigenvalue weighted by Crippen LogP contribution is 2.18. The van der Waals surface area contributed by atoms with Crippen molar-refractivity contribution < 1.29 is 0 Å². The van der Waals surface area contributed by atoms with Crippen LogP contribution >= 0.6 is 12.6 Å². The molecule has 1 saturated heterocycles. The van der Waals surface area contributed by atoms with Crippen LogP contribution in [0.3, 0.4) is 0 Å². The van der Waals surface area contributed by atoms with Crippen molar-refractivity contribution in [1.29, 1.82) is 0 Å². The number of rotatable bonds is 4. The molecule has 5 heteroatoms. The molecule has 0 aliphatic carbocycles. The molecule has 1 fully saturated rings. The molecule has 1 N–H and O–H groups in total. The molecule has 94 valence electrons. The summed E-state index contributed by atoms with van der Waals surface area (Å²) in [6.45, 7) is 3.06. The van der Waals surface area contributed by atoms with Crippen molar-refractivity contribution in [3.05, 3.63) is 12.4 Å². The molecule has 1 aromatic heterocycles. The Morgan fingerprint density at radius 1 is 1.18 bits per heavy atom. The Bertz CT molecular complexity index is 337. The van der Waals surface area contributed by atoms with Crippen LogP contribution in [0.1, 0.15) is 25.7 Å². The lowest BCUT2D eigenvalue weighted by Gasteiger charge is -2.21. The molecule has 2 heterocycles. The van der Waals surface area contributed by atoms with E-state index >= 15 is 0 Å². The fraction of sp³-hybridized carbons (Fsp3) is 0.667. The Labute approximate surface area is 108 Å². The largest absolute Gasteiger partial charge is 0.369 e. The van der Waals surface area contributed by atoms with E-state index in [0.29, 0.717) is 0 Å². The molecule has 2 rings (SSSR count). The zero-order chi connectivity index (χ0) is 11.9. The SMILES string of the molecule is SCCNc1cc(N2CCCCCC2)ncn1. The van der Waals surface area contributed by atoms with Crippen LogP contribution in [-0.2, 0) is 0 Å². The van der Waals surface area contributed by atoms with Crippen molar-refractivity contribution in [2.45, 2.75) is 25.7 Å². The highest BCUT2D eigenvalue weighted by molar-refractivity contribution is 7.80. The molecule has 0 unspecified atom stereocenters. The first kappa shape index (κ1) is 12.5. The molecule has 0 atom stereocenters. The van der Waals surface area contributed by atoms with Gasteiger partial charge in [-0.15, -0.1) is 0 Å². The number of hydrogen-bond acceptors (Lipinski definition) is 5. The van der Waals surface area contributed by atoms with Crippen LogP contribution in [0.15, 0.2) is 12.4 Å². The first-order valence-electron chi connectivity index (χ1n) is 6.32. The molecular formula is C12H20N4S. The maximum absolute atomic E-state index is 4.37. The van der Waals surface area contributed by atoms with Crippen molar-refractivity contribution in [1.82, 2.24) is 9.97 Å². The number of anilines is 2. The van der Waals surface area contributed by atoms with Gasteiger partial charge >= 0.3 is 0 Å². The Balaban J connectivity index is 2.03. The maximum Gasteiger partial charge on any atom is 0.134 e. The standard InChI is InChI=1S/C12H20N4S/c17-8-5-13-11-9-12(15-10-14-11)16-6-3-1-2-4-7-16/h9-10,17H,1-8H2,(H,13,14,15). The maximum atomic E-state index is 4.37. The Hall–Kier alpha value is -0.970. The molecule has 0 bridgehead atoms. The van der Waals surface area contributed by atoms with E-state index in [1.165, 1.54) is 25.7 Å². The molecule has 1 aliphatic rings. The van der Waals surface area contributed by atoms with E-state index < -0.39 is 0 Å². The molecular weight excluding hydrogens is 232 g/mol. The van der Waals surface area contributed by atoms with Crippen molar-refractivity contribution >= 4 is 24.3 Å². The summed E-state index contributed by atoms with van der Waals surface area (Å²) in [5.74, 6) is 2.75. The molecule has 0 saturated carbocycles. The third-order valence-electron chi connectivity index (χ3n) is 3.00. The normalized spacial score (nSPS) is 16.6. The van der Waals surface area contributed by atoms with Crippen LogP contribution in [-0.4, -0.2) is 35.4 Å². The number of aromatic nitrogens is 2. The van der Waals surface area contributed by atoms with E-state index in [2.05, 4.69) is 32.8 Å². The minimum atomic E-state index is 0.809. The number of nitrogens with one attached hydrogen (secondary N) is 1. The van der Waals surface area contributed by atoms with Gasteiger partial charge in [-0.25, -0.2) is 9.97 Å². The molecule has 0 aromatic carbocycles. The zero-order valence-electron chi connectivity index (χ0n) is 10.1. The summed E-state index contributed by atoms with van der Waals surface area (Å²) >= 11 is 4.18. The number of thiol groups is 1. The third-order valence-corrected chi connectivity index (χ3v) is 3.22. The summed E-state index contributed by atoms with van der Waals surface area (Å²) in [6.07, 6.45) is 6.85. The van der Waals surface area contributed by atoms with Gasteiger partial charge in [0.05, 0.1) is 0 Å². The molecule has 0 spiro atoms. The molecule has 17 heavy (non-hydrogen) atoms. The van der Waals surface area contributed by atoms with Crippen LogP contribution in [0, 0.1) is 0 Å². The van der Waals surface area contributed by atoms with Gasteiger partial charge in [0.15, 0.2) is 0 Å². The van der Waals surface area contributed by atoms with E-state index in [4.69, 9.17) is 0 Å². The summed E-state index contributed by atoms with van der Waals surface area (Å²) in [5.41, 5.74) is 0. The Morgan fingerprint density at radius 2 is 1.94 bits per heavy atom. The van der Waals surface area contributed by atoms with E-state index in [0.717, 1.165) is 37.0 Å². The van der Waals surface area contributed by atoms with Crippen LogP contribution in [0.4, 0.5) is 11.6 Å². The molecule has 0 radical (unpaired) electrons. The van der Waals surface area contributed by atoms with E-state index in [-0.39, 0.29) is 0 Å². The van der Waals surface area contributed by atoms with Gasteiger partial charge < -0.3 is 10.2 Å². The van der Waals surface area contributed by atoms with Crippen LogP contribution in [0.5, 0.6) is 0 Å². The quantitative estimate of drug-likeness (QED) is 0.806. The number of nitrogens with zero attached hydrogens (tertiary/aromatic N) is 3. The average molecular weight is 252 g/mol. The van der Waals surface area contributed by atoms with Crippen molar-refractivity contribution in [2.75, 3.05) is 35.6 Å². The first-order valence-corrected chi connectivity index (χ1v) is 6.95. The second-order valence-electron chi connectivity index (χ2n) is 4.31. The second kappa shape index (κ2) is 6.69. The van der Waals surface area contributed by atoms with Gasteiger partial charge in [-0.1, -0.05) is 12.8 Å². The van der Waals surface area contributed by atoms with Gasteiger partial charge in [-0.05, 0) is 12.8 Å². The molecule has 4 nitrogen and oxygen atoms in total. The summed E-state index contributed by atoms with van der Waals surface area (Å²) in [6, 6.07) is 2.04.